The SMILES string of the molecule is CCCCCCC/C=C/CCCCCCC1N=CCN1CCN. The second kappa shape index (κ2) is 14.9. The van der Waals surface area contributed by atoms with E-state index in [1.54, 1.807) is 0 Å². The maximum absolute atomic E-state index is 5.64. The molecule has 1 aliphatic rings. The van der Waals surface area contributed by atoms with Crippen LogP contribution >= 0.6 is 0 Å². The first-order valence-electron chi connectivity index (χ1n) is 9.99. The van der Waals surface area contributed by atoms with Crippen LogP contribution in [0.2, 0.25) is 0 Å². The zero-order valence-corrected chi connectivity index (χ0v) is 15.4. The molecule has 0 aliphatic carbocycles. The molecule has 0 aromatic rings. The summed E-state index contributed by atoms with van der Waals surface area (Å²) in [6, 6.07) is 0. The third-order valence-electron chi connectivity index (χ3n) is 4.66. The smallest absolute Gasteiger partial charge is 0.102 e. The van der Waals surface area contributed by atoms with Gasteiger partial charge in [0, 0.05) is 25.8 Å². The lowest BCUT2D eigenvalue weighted by molar-refractivity contribution is 0.241. The summed E-state index contributed by atoms with van der Waals surface area (Å²) in [5.41, 5.74) is 5.64. The van der Waals surface area contributed by atoms with Crippen molar-refractivity contribution in [3.05, 3.63) is 12.2 Å². The average Bonchev–Trinajstić information content (AvgIpc) is 2.99. The molecule has 0 saturated heterocycles. The Labute approximate surface area is 144 Å². The minimum absolute atomic E-state index is 0.408. The summed E-state index contributed by atoms with van der Waals surface area (Å²) in [5.74, 6) is 0. The number of hydrogen-bond donors (Lipinski definition) is 1. The Bertz CT molecular complexity index is 312. The molecule has 3 heteroatoms. The zero-order chi connectivity index (χ0) is 16.6. The maximum atomic E-state index is 5.64. The number of nitrogens with zero attached hydrogens (tertiary/aromatic N) is 2. The highest BCUT2D eigenvalue weighted by molar-refractivity contribution is 5.62. The van der Waals surface area contributed by atoms with Crippen LogP contribution in [0.3, 0.4) is 0 Å². The molecule has 1 aliphatic heterocycles. The van der Waals surface area contributed by atoms with E-state index in [0.29, 0.717) is 6.17 Å². The van der Waals surface area contributed by atoms with E-state index < -0.39 is 0 Å². The molecule has 0 amide bonds. The second-order valence-electron chi connectivity index (χ2n) is 6.76. The summed E-state index contributed by atoms with van der Waals surface area (Å²) < 4.78 is 0. The van der Waals surface area contributed by atoms with E-state index in [-0.39, 0.29) is 0 Å². The first-order valence-corrected chi connectivity index (χ1v) is 9.99. The van der Waals surface area contributed by atoms with Crippen molar-refractivity contribution >= 4 is 6.21 Å². The number of aliphatic imine (C=N–C) groups is 1. The molecule has 134 valence electrons. The molecule has 1 rings (SSSR count). The van der Waals surface area contributed by atoms with Crippen molar-refractivity contribution in [2.75, 3.05) is 19.6 Å². The first kappa shape index (κ1) is 20.4. The summed E-state index contributed by atoms with van der Waals surface area (Å²) in [6.07, 6.45) is 23.2. The third-order valence-corrected chi connectivity index (χ3v) is 4.66. The van der Waals surface area contributed by atoms with Crippen molar-refractivity contribution in [2.24, 2.45) is 10.7 Å². The first-order chi connectivity index (χ1) is 11.4. The summed E-state index contributed by atoms with van der Waals surface area (Å²) in [5, 5.41) is 0. The standard InChI is InChI=1S/C20H39N3/c1-2-3-4-5-6-7-8-9-10-11-12-13-14-15-20-22-17-19-23(20)18-16-21/h8-9,17,20H,2-7,10-16,18-19,21H2,1H3/b9-8+. The maximum Gasteiger partial charge on any atom is 0.102 e. The number of hydrogen-bond acceptors (Lipinski definition) is 3. The molecular weight excluding hydrogens is 282 g/mol. The molecule has 1 unspecified atom stereocenters. The molecule has 1 atom stereocenters. The van der Waals surface area contributed by atoms with Crippen molar-refractivity contribution in [1.82, 2.24) is 4.90 Å². The van der Waals surface area contributed by atoms with Crippen LogP contribution in [0, 0.1) is 0 Å². The Balaban J connectivity index is 1.85. The van der Waals surface area contributed by atoms with E-state index >= 15 is 0 Å². The zero-order valence-electron chi connectivity index (χ0n) is 15.4. The molecule has 0 spiro atoms. The van der Waals surface area contributed by atoms with E-state index in [9.17, 15) is 0 Å². The molecule has 3 nitrogen and oxygen atoms in total. The van der Waals surface area contributed by atoms with Gasteiger partial charge in [-0.3, -0.25) is 9.89 Å². The van der Waals surface area contributed by atoms with Crippen LogP contribution in [0.1, 0.15) is 84.0 Å². The van der Waals surface area contributed by atoms with Crippen LogP contribution in [-0.2, 0) is 0 Å². The van der Waals surface area contributed by atoms with Crippen molar-refractivity contribution in [2.45, 2.75) is 90.1 Å². The molecule has 0 saturated carbocycles. The van der Waals surface area contributed by atoms with Crippen molar-refractivity contribution in [1.29, 1.82) is 0 Å². The van der Waals surface area contributed by atoms with Gasteiger partial charge in [0.25, 0.3) is 0 Å². The summed E-state index contributed by atoms with van der Waals surface area (Å²) in [6.45, 7) is 4.99. The molecule has 23 heavy (non-hydrogen) atoms. The fourth-order valence-corrected chi connectivity index (χ4v) is 3.20. The highest BCUT2D eigenvalue weighted by Gasteiger charge is 2.18. The van der Waals surface area contributed by atoms with Gasteiger partial charge >= 0.3 is 0 Å². The van der Waals surface area contributed by atoms with Gasteiger partial charge < -0.3 is 5.73 Å². The monoisotopic (exact) mass is 321 g/mol. The van der Waals surface area contributed by atoms with Crippen LogP contribution in [0.4, 0.5) is 0 Å². The quantitative estimate of drug-likeness (QED) is 0.344. The molecule has 0 fully saturated rings. The van der Waals surface area contributed by atoms with Gasteiger partial charge in [0.15, 0.2) is 0 Å². The molecule has 0 radical (unpaired) electrons. The predicted molar refractivity (Wildman–Crippen MR) is 103 cm³/mol. The Kier molecular flexibility index (Phi) is 13.2. The van der Waals surface area contributed by atoms with Crippen LogP contribution in [0.15, 0.2) is 17.1 Å². The van der Waals surface area contributed by atoms with Gasteiger partial charge in [0.2, 0.25) is 0 Å². The third kappa shape index (κ3) is 10.7. The average molecular weight is 322 g/mol. The molecular formula is C20H39N3. The van der Waals surface area contributed by atoms with E-state index in [1.165, 1.54) is 77.0 Å². The van der Waals surface area contributed by atoms with E-state index in [0.717, 1.165) is 19.6 Å². The van der Waals surface area contributed by atoms with Gasteiger partial charge in [0.05, 0.1) is 0 Å². The van der Waals surface area contributed by atoms with Gasteiger partial charge in [-0.15, -0.1) is 0 Å². The minimum atomic E-state index is 0.408. The summed E-state index contributed by atoms with van der Waals surface area (Å²) in [7, 11) is 0. The van der Waals surface area contributed by atoms with Crippen molar-refractivity contribution in [3.63, 3.8) is 0 Å². The van der Waals surface area contributed by atoms with Gasteiger partial charge in [0.1, 0.15) is 6.17 Å². The summed E-state index contributed by atoms with van der Waals surface area (Å²) >= 11 is 0. The van der Waals surface area contributed by atoms with Gasteiger partial charge in [-0.25, -0.2) is 0 Å². The highest BCUT2D eigenvalue weighted by atomic mass is 15.3. The van der Waals surface area contributed by atoms with Gasteiger partial charge in [-0.05, 0) is 38.5 Å². The van der Waals surface area contributed by atoms with Crippen LogP contribution in [-0.4, -0.2) is 36.9 Å². The largest absolute Gasteiger partial charge is 0.329 e. The number of unbranched alkanes of at least 4 members (excludes halogenated alkanes) is 9. The molecule has 0 bridgehead atoms. The van der Waals surface area contributed by atoms with E-state index in [2.05, 4.69) is 29.0 Å². The fraction of sp³-hybridized carbons (Fsp3) is 0.850. The van der Waals surface area contributed by atoms with E-state index in [1.807, 2.05) is 6.21 Å². The second-order valence-corrected chi connectivity index (χ2v) is 6.76. The highest BCUT2D eigenvalue weighted by Crippen LogP contribution is 2.15. The molecule has 1 heterocycles. The Morgan fingerprint density at radius 1 is 1.00 bits per heavy atom. The predicted octanol–water partition coefficient (Wildman–Crippen LogP) is 4.91. The number of rotatable bonds is 15. The lowest BCUT2D eigenvalue weighted by atomic mass is 10.1. The van der Waals surface area contributed by atoms with Gasteiger partial charge in [-0.2, -0.15) is 0 Å². The lowest BCUT2D eigenvalue weighted by Gasteiger charge is -2.21. The van der Waals surface area contributed by atoms with Crippen LogP contribution in [0.25, 0.3) is 0 Å². The van der Waals surface area contributed by atoms with Crippen LogP contribution < -0.4 is 5.73 Å². The normalized spacial score (nSPS) is 18.4. The van der Waals surface area contributed by atoms with Crippen LogP contribution in [0.5, 0.6) is 0 Å². The van der Waals surface area contributed by atoms with Crippen molar-refractivity contribution in [3.8, 4) is 0 Å². The Morgan fingerprint density at radius 2 is 1.65 bits per heavy atom. The molecule has 2 N–H and O–H groups in total. The Morgan fingerprint density at radius 3 is 2.30 bits per heavy atom. The fourth-order valence-electron chi connectivity index (χ4n) is 3.20. The minimum Gasteiger partial charge on any atom is -0.329 e. The number of allylic oxidation sites excluding steroid dienone is 2. The topological polar surface area (TPSA) is 41.6 Å². The Hall–Kier alpha value is -0.670. The molecule has 0 aromatic heterocycles. The lowest BCUT2D eigenvalue weighted by Crippen LogP contribution is -2.34. The molecule has 0 aromatic carbocycles. The summed E-state index contributed by atoms with van der Waals surface area (Å²) in [4.78, 5) is 6.96. The van der Waals surface area contributed by atoms with E-state index in [4.69, 9.17) is 5.73 Å². The van der Waals surface area contributed by atoms with Crippen molar-refractivity contribution < 1.29 is 0 Å². The van der Waals surface area contributed by atoms with Gasteiger partial charge in [-0.1, -0.05) is 57.6 Å². The number of nitrogens with two attached hydrogens (primary N) is 1.